The smallest absolute Gasteiger partial charge is 0.381 e. The molecular formula is C26H28F3N5O. The second-order valence-electron chi connectivity index (χ2n) is 8.51. The quantitative estimate of drug-likeness (QED) is 0.329. The van der Waals surface area contributed by atoms with Gasteiger partial charge >= 0.3 is 6.18 Å². The normalized spacial score (nSPS) is 15.5. The van der Waals surface area contributed by atoms with E-state index in [1.807, 2.05) is 42.2 Å². The molecule has 0 amide bonds. The molecule has 1 aliphatic carbocycles. The van der Waals surface area contributed by atoms with Crippen molar-refractivity contribution in [3.05, 3.63) is 72.4 Å². The highest BCUT2D eigenvalue weighted by Gasteiger charge is 2.30. The van der Waals surface area contributed by atoms with Gasteiger partial charge in [-0.2, -0.15) is 18.3 Å². The van der Waals surface area contributed by atoms with Crippen molar-refractivity contribution in [1.82, 2.24) is 24.7 Å². The molecule has 2 fully saturated rings. The van der Waals surface area contributed by atoms with E-state index in [2.05, 4.69) is 20.1 Å². The van der Waals surface area contributed by atoms with Crippen LogP contribution in [0, 0.1) is 6.92 Å². The molecule has 1 aromatic carbocycles. The highest BCUT2D eigenvalue weighted by atomic mass is 19.4. The molecule has 0 unspecified atom stereocenters. The van der Waals surface area contributed by atoms with Gasteiger partial charge in [-0.25, -0.2) is 15.0 Å². The van der Waals surface area contributed by atoms with Gasteiger partial charge in [0.05, 0.1) is 17.3 Å². The van der Waals surface area contributed by atoms with Crippen LogP contribution in [0.5, 0.6) is 0 Å². The standard InChI is InChI=1S/C15H10F3N3.C6H8N2.C5H10O/c1-9-2-7-12-13(19-8-20-14(12)21-9)10-3-5-11(6-4-10)15(16,17)18;1-4-7-8(5-1)6-2-3-6;1-2-4-6-5-3-1/h2-8H,1H3;1,4-6H,2-3H2;1-5H2. The summed E-state index contributed by atoms with van der Waals surface area (Å²) in [6, 6.07) is 11.3. The summed E-state index contributed by atoms with van der Waals surface area (Å²) < 4.78 is 44.8. The van der Waals surface area contributed by atoms with E-state index in [9.17, 15) is 13.2 Å². The number of ether oxygens (including phenoxy) is 1. The van der Waals surface area contributed by atoms with Crippen molar-refractivity contribution >= 4 is 11.0 Å². The number of alkyl halides is 3. The second-order valence-corrected chi connectivity index (χ2v) is 8.51. The van der Waals surface area contributed by atoms with Crippen LogP contribution >= 0.6 is 0 Å². The highest BCUT2D eigenvalue weighted by molar-refractivity contribution is 5.89. The van der Waals surface area contributed by atoms with Crippen molar-refractivity contribution in [1.29, 1.82) is 0 Å². The number of hydrogen-bond acceptors (Lipinski definition) is 5. The Morgan fingerprint density at radius 3 is 2.23 bits per heavy atom. The van der Waals surface area contributed by atoms with Gasteiger partial charge in [-0.15, -0.1) is 0 Å². The number of benzene rings is 1. The molecule has 6 nitrogen and oxygen atoms in total. The van der Waals surface area contributed by atoms with Crippen LogP contribution in [-0.2, 0) is 10.9 Å². The Balaban J connectivity index is 0.000000166. The zero-order valence-corrected chi connectivity index (χ0v) is 19.6. The van der Waals surface area contributed by atoms with E-state index < -0.39 is 11.7 Å². The van der Waals surface area contributed by atoms with E-state index in [4.69, 9.17) is 4.74 Å². The highest BCUT2D eigenvalue weighted by Crippen LogP contribution is 2.33. The van der Waals surface area contributed by atoms with Crippen LogP contribution in [-0.4, -0.2) is 37.9 Å². The van der Waals surface area contributed by atoms with Crippen molar-refractivity contribution in [2.24, 2.45) is 0 Å². The van der Waals surface area contributed by atoms with Crippen molar-refractivity contribution in [3.63, 3.8) is 0 Å². The predicted molar refractivity (Wildman–Crippen MR) is 128 cm³/mol. The van der Waals surface area contributed by atoms with Gasteiger partial charge in [0.1, 0.15) is 6.33 Å². The van der Waals surface area contributed by atoms with Crippen molar-refractivity contribution in [3.8, 4) is 11.3 Å². The summed E-state index contributed by atoms with van der Waals surface area (Å²) >= 11 is 0. The topological polar surface area (TPSA) is 65.7 Å². The number of fused-ring (bicyclic) bond motifs is 1. The maximum atomic E-state index is 12.6. The third-order valence-electron chi connectivity index (χ3n) is 5.65. The molecule has 1 saturated heterocycles. The summed E-state index contributed by atoms with van der Waals surface area (Å²) in [5.41, 5.74) is 1.83. The Kier molecular flexibility index (Phi) is 8.07. The molecule has 9 heteroatoms. The van der Waals surface area contributed by atoms with Crippen molar-refractivity contribution in [2.75, 3.05) is 13.2 Å². The molecular weight excluding hydrogens is 455 g/mol. The first-order chi connectivity index (χ1) is 16.9. The van der Waals surface area contributed by atoms with Crippen LogP contribution in [0.2, 0.25) is 0 Å². The summed E-state index contributed by atoms with van der Waals surface area (Å²) in [4.78, 5) is 12.5. The minimum absolute atomic E-state index is 0.528. The number of hydrogen-bond donors (Lipinski definition) is 0. The van der Waals surface area contributed by atoms with Gasteiger partial charge in [0, 0.05) is 42.3 Å². The molecule has 6 rings (SSSR count). The first-order valence-electron chi connectivity index (χ1n) is 11.7. The van der Waals surface area contributed by atoms with E-state index in [1.54, 1.807) is 0 Å². The molecule has 0 bridgehead atoms. The lowest BCUT2D eigenvalue weighted by molar-refractivity contribution is -0.137. The number of pyridine rings is 1. The van der Waals surface area contributed by atoms with Gasteiger partial charge in [0.25, 0.3) is 0 Å². The fourth-order valence-electron chi connectivity index (χ4n) is 3.61. The van der Waals surface area contributed by atoms with Gasteiger partial charge in [-0.3, -0.25) is 4.68 Å². The van der Waals surface area contributed by atoms with Gasteiger partial charge in [-0.05, 0) is 69.4 Å². The lowest BCUT2D eigenvalue weighted by Crippen LogP contribution is -2.04. The molecule has 1 aliphatic heterocycles. The van der Waals surface area contributed by atoms with Crippen LogP contribution in [0.25, 0.3) is 22.3 Å². The summed E-state index contributed by atoms with van der Waals surface area (Å²) in [5.74, 6) is 0. The summed E-state index contributed by atoms with van der Waals surface area (Å²) in [6.07, 6.45) is 7.45. The SMILES string of the molecule is C1CCOCC1.Cc1ccc2c(-c3ccc(C(F)(F)F)cc3)ncnc2n1.c1cnn(C2CC2)c1. The summed E-state index contributed by atoms with van der Waals surface area (Å²) in [6.45, 7) is 3.85. The largest absolute Gasteiger partial charge is 0.416 e. The zero-order chi connectivity index (χ0) is 24.7. The van der Waals surface area contributed by atoms with Crippen LogP contribution in [0.15, 0.2) is 61.2 Å². The fraction of sp³-hybridized carbons (Fsp3) is 0.385. The zero-order valence-electron chi connectivity index (χ0n) is 19.6. The first-order valence-corrected chi connectivity index (χ1v) is 11.7. The van der Waals surface area contributed by atoms with E-state index in [-0.39, 0.29) is 0 Å². The van der Waals surface area contributed by atoms with E-state index in [1.165, 1.54) is 50.6 Å². The Morgan fingerprint density at radius 1 is 0.943 bits per heavy atom. The number of aromatic nitrogens is 5. The maximum absolute atomic E-state index is 12.6. The first kappa shape index (κ1) is 24.8. The number of aryl methyl sites for hydroxylation is 1. The lowest BCUT2D eigenvalue weighted by atomic mass is 10.1. The van der Waals surface area contributed by atoms with Gasteiger partial charge < -0.3 is 4.74 Å². The Hall–Kier alpha value is -3.33. The van der Waals surface area contributed by atoms with Gasteiger partial charge in [-0.1, -0.05) is 12.1 Å². The van der Waals surface area contributed by atoms with E-state index in [0.29, 0.717) is 22.3 Å². The number of nitrogens with zero attached hydrogens (tertiary/aromatic N) is 5. The predicted octanol–water partition coefficient (Wildman–Crippen LogP) is 6.42. The molecule has 0 spiro atoms. The molecule has 1 saturated carbocycles. The molecule has 4 heterocycles. The average Bonchev–Trinajstić information content (AvgIpc) is 3.58. The third kappa shape index (κ3) is 7.08. The lowest BCUT2D eigenvalue weighted by Gasteiger charge is -2.08. The maximum Gasteiger partial charge on any atom is 0.416 e. The van der Waals surface area contributed by atoms with Crippen LogP contribution < -0.4 is 0 Å². The summed E-state index contributed by atoms with van der Waals surface area (Å²) in [5, 5.41) is 4.81. The third-order valence-corrected chi connectivity index (χ3v) is 5.65. The second kappa shape index (κ2) is 11.4. The number of halogens is 3. The van der Waals surface area contributed by atoms with Gasteiger partial charge in [0.15, 0.2) is 5.65 Å². The van der Waals surface area contributed by atoms with E-state index in [0.717, 1.165) is 37.1 Å². The molecule has 2 aliphatic rings. The Labute approximate surface area is 202 Å². The summed E-state index contributed by atoms with van der Waals surface area (Å²) in [7, 11) is 0. The molecule has 3 aromatic heterocycles. The monoisotopic (exact) mass is 483 g/mol. The van der Waals surface area contributed by atoms with Gasteiger partial charge in [0.2, 0.25) is 0 Å². The Bertz CT molecular complexity index is 1190. The van der Waals surface area contributed by atoms with Crippen LogP contribution in [0.3, 0.4) is 0 Å². The minimum atomic E-state index is -4.34. The molecule has 184 valence electrons. The minimum Gasteiger partial charge on any atom is -0.381 e. The van der Waals surface area contributed by atoms with E-state index >= 15 is 0 Å². The van der Waals surface area contributed by atoms with Crippen molar-refractivity contribution in [2.45, 2.75) is 51.2 Å². The number of rotatable bonds is 2. The molecule has 0 radical (unpaired) electrons. The molecule has 0 atom stereocenters. The van der Waals surface area contributed by atoms with Crippen LogP contribution in [0.4, 0.5) is 13.2 Å². The fourth-order valence-corrected chi connectivity index (χ4v) is 3.61. The molecule has 35 heavy (non-hydrogen) atoms. The average molecular weight is 484 g/mol. The molecule has 0 N–H and O–H groups in total. The van der Waals surface area contributed by atoms with Crippen molar-refractivity contribution < 1.29 is 17.9 Å². The van der Waals surface area contributed by atoms with Crippen LogP contribution in [0.1, 0.15) is 49.4 Å². The molecule has 4 aromatic rings. The Morgan fingerprint density at radius 2 is 1.69 bits per heavy atom.